The molecule has 0 aliphatic heterocycles. The van der Waals surface area contributed by atoms with Crippen LogP contribution in [0.3, 0.4) is 0 Å². The van der Waals surface area contributed by atoms with E-state index in [0.29, 0.717) is 16.9 Å². The molecule has 2 aromatic carbocycles. The van der Waals surface area contributed by atoms with Gasteiger partial charge in [-0.25, -0.2) is 5.43 Å². The lowest BCUT2D eigenvalue weighted by atomic mass is 10.2. The molecule has 0 atom stereocenters. The maximum Gasteiger partial charge on any atom is 0.278 e. The summed E-state index contributed by atoms with van der Waals surface area (Å²) < 4.78 is 5.03. The standard InChI is InChI=1S/C15H13N3O4/c1-22-13-7-4-6-11(9-13)15(19)17-16-10-12-5-2-3-8-14(12)18(20)21/h2-10H,1H3,(H,17,19)/b16-10+. The summed E-state index contributed by atoms with van der Waals surface area (Å²) in [6, 6.07) is 12.7. The van der Waals surface area contributed by atoms with Crippen molar-refractivity contribution in [2.75, 3.05) is 7.11 Å². The minimum absolute atomic E-state index is 0.0816. The molecule has 0 saturated carbocycles. The van der Waals surface area contributed by atoms with E-state index in [2.05, 4.69) is 10.5 Å². The fourth-order valence-electron chi connectivity index (χ4n) is 1.75. The number of hydrogen-bond donors (Lipinski definition) is 1. The van der Waals surface area contributed by atoms with Gasteiger partial charge < -0.3 is 4.74 Å². The smallest absolute Gasteiger partial charge is 0.278 e. The summed E-state index contributed by atoms with van der Waals surface area (Å²) >= 11 is 0. The third-order valence-electron chi connectivity index (χ3n) is 2.84. The first kappa shape index (κ1) is 15.2. The van der Waals surface area contributed by atoms with Gasteiger partial charge in [-0.15, -0.1) is 0 Å². The minimum Gasteiger partial charge on any atom is -0.497 e. The SMILES string of the molecule is COc1cccc(C(=O)N/N=C/c2ccccc2[N+](=O)[O-])c1. The summed E-state index contributed by atoms with van der Waals surface area (Å²) in [7, 11) is 1.50. The summed E-state index contributed by atoms with van der Waals surface area (Å²) in [6.45, 7) is 0. The fourth-order valence-corrected chi connectivity index (χ4v) is 1.75. The van der Waals surface area contributed by atoms with Crippen molar-refractivity contribution >= 4 is 17.8 Å². The molecule has 22 heavy (non-hydrogen) atoms. The van der Waals surface area contributed by atoms with Gasteiger partial charge in [0, 0.05) is 11.6 Å². The van der Waals surface area contributed by atoms with Crippen LogP contribution in [-0.2, 0) is 0 Å². The van der Waals surface area contributed by atoms with Crippen LogP contribution in [0.1, 0.15) is 15.9 Å². The normalized spacial score (nSPS) is 10.4. The van der Waals surface area contributed by atoms with Gasteiger partial charge in [0.2, 0.25) is 0 Å². The van der Waals surface area contributed by atoms with E-state index in [0.717, 1.165) is 0 Å². The van der Waals surface area contributed by atoms with Gasteiger partial charge in [-0.05, 0) is 24.3 Å². The second-order valence-corrected chi connectivity index (χ2v) is 4.25. The van der Waals surface area contributed by atoms with Crippen LogP contribution in [0, 0.1) is 10.1 Å². The van der Waals surface area contributed by atoms with Crippen molar-refractivity contribution in [2.45, 2.75) is 0 Å². The first-order valence-corrected chi connectivity index (χ1v) is 6.32. The average molecular weight is 299 g/mol. The predicted octanol–water partition coefficient (Wildman–Crippen LogP) is 2.37. The van der Waals surface area contributed by atoms with Gasteiger partial charge in [-0.1, -0.05) is 18.2 Å². The molecule has 0 bridgehead atoms. The number of methoxy groups -OCH3 is 1. The van der Waals surface area contributed by atoms with E-state index in [1.54, 1.807) is 42.5 Å². The molecule has 0 heterocycles. The number of benzene rings is 2. The van der Waals surface area contributed by atoms with Crippen LogP contribution < -0.4 is 10.2 Å². The number of nitrogens with zero attached hydrogens (tertiary/aromatic N) is 2. The first-order valence-electron chi connectivity index (χ1n) is 6.32. The van der Waals surface area contributed by atoms with E-state index in [4.69, 9.17) is 4.74 Å². The Morgan fingerprint density at radius 1 is 1.27 bits per heavy atom. The molecule has 0 spiro atoms. The number of nitro groups is 1. The van der Waals surface area contributed by atoms with Gasteiger partial charge in [-0.3, -0.25) is 14.9 Å². The number of ether oxygens (including phenoxy) is 1. The van der Waals surface area contributed by atoms with Crippen LogP contribution >= 0.6 is 0 Å². The molecule has 0 radical (unpaired) electrons. The Balaban J connectivity index is 2.09. The Hall–Kier alpha value is -3.22. The van der Waals surface area contributed by atoms with E-state index in [1.807, 2.05) is 0 Å². The van der Waals surface area contributed by atoms with Crippen LogP contribution in [-0.4, -0.2) is 24.2 Å². The van der Waals surface area contributed by atoms with E-state index < -0.39 is 10.8 Å². The molecule has 2 rings (SSSR count). The fraction of sp³-hybridized carbons (Fsp3) is 0.0667. The second kappa shape index (κ2) is 6.98. The number of nitro benzene ring substituents is 1. The predicted molar refractivity (Wildman–Crippen MR) is 81.2 cm³/mol. The molecule has 112 valence electrons. The average Bonchev–Trinajstić information content (AvgIpc) is 2.55. The van der Waals surface area contributed by atoms with Crippen molar-refractivity contribution in [3.63, 3.8) is 0 Å². The highest BCUT2D eigenvalue weighted by Crippen LogP contribution is 2.15. The molecular weight excluding hydrogens is 286 g/mol. The lowest BCUT2D eigenvalue weighted by molar-refractivity contribution is -0.385. The van der Waals surface area contributed by atoms with Gasteiger partial charge in [0.15, 0.2) is 0 Å². The maximum atomic E-state index is 11.9. The van der Waals surface area contributed by atoms with Crippen LogP contribution in [0.4, 0.5) is 5.69 Å². The van der Waals surface area contributed by atoms with Gasteiger partial charge >= 0.3 is 0 Å². The topological polar surface area (TPSA) is 93.8 Å². The van der Waals surface area contributed by atoms with E-state index in [9.17, 15) is 14.9 Å². The Labute approximate surface area is 126 Å². The third-order valence-corrected chi connectivity index (χ3v) is 2.84. The summed E-state index contributed by atoms with van der Waals surface area (Å²) in [5.74, 6) is 0.115. The Kier molecular flexibility index (Phi) is 4.81. The lowest BCUT2D eigenvalue weighted by Crippen LogP contribution is -2.17. The minimum atomic E-state index is -0.509. The van der Waals surface area contributed by atoms with Gasteiger partial charge in [-0.2, -0.15) is 5.10 Å². The molecule has 0 aliphatic rings. The zero-order valence-electron chi connectivity index (χ0n) is 11.7. The molecular formula is C15H13N3O4. The number of amides is 1. The van der Waals surface area contributed by atoms with Gasteiger partial charge in [0.1, 0.15) is 5.75 Å². The maximum absolute atomic E-state index is 11.9. The van der Waals surface area contributed by atoms with Crippen molar-refractivity contribution in [2.24, 2.45) is 5.10 Å². The number of nitrogens with one attached hydrogen (secondary N) is 1. The largest absolute Gasteiger partial charge is 0.497 e. The highest BCUT2D eigenvalue weighted by Gasteiger charge is 2.10. The highest BCUT2D eigenvalue weighted by atomic mass is 16.6. The van der Waals surface area contributed by atoms with Crippen molar-refractivity contribution in [1.29, 1.82) is 0 Å². The monoisotopic (exact) mass is 299 g/mol. The second-order valence-electron chi connectivity index (χ2n) is 4.25. The Morgan fingerprint density at radius 3 is 2.77 bits per heavy atom. The van der Waals surface area contributed by atoms with Gasteiger partial charge in [0.05, 0.1) is 23.8 Å². The Morgan fingerprint density at radius 2 is 2.05 bits per heavy atom. The summed E-state index contributed by atoms with van der Waals surface area (Å²) in [4.78, 5) is 22.3. The van der Waals surface area contributed by atoms with Crippen molar-refractivity contribution < 1.29 is 14.5 Å². The van der Waals surface area contributed by atoms with Crippen molar-refractivity contribution in [3.05, 3.63) is 69.8 Å². The van der Waals surface area contributed by atoms with Crippen LogP contribution in [0.5, 0.6) is 5.75 Å². The lowest BCUT2D eigenvalue weighted by Gasteiger charge is -2.03. The molecule has 0 unspecified atom stereocenters. The zero-order chi connectivity index (χ0) is 15.9. The molecule has 7 heteroatoms. The van der Waals surface area contributed by atoms with Crippen LogP contribution in [0.25, 0.3) is 0 Å². The number of rotatable bonds is 5. The van der Waals surface area contributed by atoms with Crippen LogP contribution in [0.15, 0.2) is 53.6 Å². The molecule has 0 fully saturated rings. The third kappa shape index (κ3) is 3.66. The van der Waals surface area contributed by atoms with E-state index in [-0.39, 0.29) is 5.69 Å². The van der Waals surface area contributed by atoms with Gasteiger partial charge in [0.25, 0.3) is 11.6 Å². The zero-order valence-corrected chi connectivity index (χ0v) is 11.7. The molecule has 0 aromatic heterocycles. The number of hydrogen-bond acceptors (Lipinski definition) is 5. The van der Waals surface area contributed by atoms with Crippen LogP contribution in [0.2, 0.25) is 0 Å². The van der Waals surface area contributed by atoms with Crippen molar-refractivity contribution in [3.8, 4) is 5.75 Å². The highest BCUT2D eigenvalue weighted by molar-refractivity contribution is 5.95. The Bertz CT molecular complexity index is 728. The number of hydrazone groups is 1. The molecule has 1 N–H and O–H groups in total. The number of para-hydroxylation sites is 1. The molecule has 2 aromatic rings. The molecule has 7 nitrogen and oxygen atoms in total. The van der Waals surface area contributed by atoms with E-state index in [1.165, 1.54) is 19.4 Å². The number of carbonyl (C=O) groups is 1. The van der Waals surface area contributed by atoms with E-state index >= 15 is 0 Å². The van der Waals surface area contributed by atoms with Crippen molar-refractivity contribution in [1.82, 2.24) is 5.43 Å². The summed E-state index contributed by atoms with van der Waals surface area (Å²) in [5.41, 5.74) is 2.91. The summed E-state index contributed by atoms with van der Waals surface area (Å²) in [5, 5.41) is 14.6. The summed E-state index contributed by atoms with van der Waals surface area (Å²) in [6.07, 6.45) is 1.23. The number of carbonyl (C=O) groups excluding carboxylic acids is 1. The molecule has 0 saturated heterocycles. The first-order chi connectivity index (χ1) is 10.6. The quantitative estimate of drug-likeness (QED) is 0.521. The molecule has 0 aliphatic carbocycles. The molecule has 1 amide bonds.